The van der Waals surface area contributed by atoms with Crippen molar-refractivity contribution in [2.24, 2.45) is 11.5 Å². The van der Waals surface area contributed by atoms with Crippen molar-refractivity contribution in [1.29, 1.82) is 0 Å². The van der Waals surface area contributed by atoms with E-state index < -0.39 is 11.8 Å². The maximum absolute atomic E-state index is 11.2. The van der Waals surface area contributed by atoms with Crippen LogP contribution in [0.5, 0.6) is 0 Å². The second-order valence-electron chi connectivity index (χ2n) is 3.57. The number of aryl methyl sites for hydroxylation is 1. The van der Waals surface area contributed by atoms with Crippen molar-refractivity contribution < 1.29 is 9.59 Å². The molecule has 6 nitrogen and oxygen atoms in total. The molecule has 0 aromatic carbocycles. The standard InChI is InChI=1S/C10H16N4O2/c1-2-3-4-5-14-6-13-7(9(11)15)8(14)10(12)16/h6H,2-5H2,1H3,(H2,11,15)(H2,12,16). The lowest BCUT2D eigenvalue weighted by Crippen LogP contribution is -2.23. The van der Waals surface area contributed by atoms with Gasteiger partial charge in [0.1, 0.15) is 5.69 Å². The molecule has 0 fully saturated rings. The van der Waals surface area contributed by atoms with E-state index in [0.717, 1.165) is 19.3 Å². The average molecular weight is 224 g/mol. The van der Waals surface area contributed by atoms with Crippen LogP contribution < -0.4 is 11.5 Å². The Kier molecular flexibility index (Phi) is 4.04. The predicted octanol–water partition coefficient (Wildman–Crippen LogP) is 0.271. The first-order valence-corrected chi connectivity index (χ1v) is 5.22. The van der Waals surface area contributed by atoms with Crippen LogP contribution in [-0.4, -0.2) is 21.4 Å². The summed E-state index contributed by atoms with van der Waals surface area (Å²) in [6.07, 6.45) is 4.45. The molecular weight excluding hydrogens is 208 g/mol. The highest BCUT2D eigenvalue weighted by atomic mass is 16.2. The van der Waals surface area contributed by atoms with E-state index in [4.69, 9.17) is 11.5 Å². The summed E-state index contributed by atoms with van der Waals surface area (Å²) in [5, 5.41) is 0. The van der Waals surface area contributed by atoms with E-state index >= 15 is 0 Å². The molecular formula is C10H16N4O2. The number of amides is 2. The minimum atomic E-state index is -0.733. The molecule has 16 heavy (non-hydrogen) atoms. The maximum Gasteiger partial charge on any atom is 0.269 e. The first-order valence-electron chi connectivity index (χ1n) is 5.22. The summed E-state index contributed by atoms with van der Waals surface area (Å²) < 4.78 is 1.58. The molecule has 0 saturated carbocycles. The average Bonchev–Trinajstić information content (AvgIpc) is 2.62. The molecule has 1 aromatic rings. The Balaban J connectivity index is 2.92. The number of hydrogen-bond donors (Lipinski definition) is 2. The lowest BCUT2D eigenvalue weighted by atomic mass is 10.2. The number of primary amides is 2. The third-order valence-corrected chi connectivity index (χ3v) is 2.31. The van der Waals surface area contributed by atoms with Gasteiger partial charge in [0, 0.05) is 6.54 Å². The Morgan fingerprint density at radius 1 is 1.31 bits per heavy atom. The van der Waals surface area contributed by atoms with Crippen LogP contribution in [0.3, 0.4) is 0 Å². The zero-order chi connectivity index (χ0) is 12.1. The van der Waals surface area contributed by atoms with E-state index in [1.165, 1.54) is 6.33 Å². The highest BCUT2D eigenvalue weighted by Crippen LogP contribution is 2.08. The minimum absolute atomic E-state index is 0.0519. The summed E-state index contributed by atoms with van der Waals surface area (Å²) in [5.41, 5.74) is 10.3. The summed E-state index contributed by atoms with van der Waals surface area (Å²) in [6, 6.07) is 0. The number of nitrogens with two attached hydrogens (primary N) is 2. The van der Waals surface area contributed by atoms with E-state index in [9.17, 15) is 9.59 Å². The number of nitrogens with zero attached hydrogens (tertiary/aromatic N) is 2. The van der Waals surface area contributed by atoms with Gasteiger partial charge in [0.25, 0.3) is 11.8 Å². The number of carbonyl (C=O) groups excluding carboxylic acids is 2. The van der Waals surface area contributed by atoms with Crippen LogP contribution in [0, 0.1) is 0 Å². The Morgan fingerprint density at radius 3 is 2.50 bits per heavy atom. The maximum atomic E-state index is 11.2. The first-order chi connectivity index (χ1) is 7.57. The van der Waals surface area contributed by atoms with E-state index in [0.29, 0.717) is 6.54 Å². The van der Waals surface area contributed by atoms with Gasteiger partial charge >= 0.3 is 0 Å². The van der Waals surface area contributed by atoms with Gasteiger partial charge in [-0.15, -0.1) is 0 Å². The third-order valence-electron chi connectivity index (χ3n) is 2.31. The van der Waals surface area contributed by atoms with Crippen molar-refractivity contribution in [3.05, 3.63) is 17.7 Å². The zero-order valence-electron chi connectivity index (χ0n) is 9.27. The molecule has 1 heterocycles. The van der Waals surface area contributed by atoms with Crippen molar-refractivity contribution in [3.63, 3.8) is 0 Å². The highest BCUT2D eigenvalue weighted by Gasteiger charge is 2.19. The van der Waals surface area contributed by atoms with Gasteiger partial charge in [-0.2, -0.15) is 0 Å². The van der Waals surface area contributed by atoms with E-state index in [1.807, 2.05) is 0 Å². The molecule has 0 radical (unpaired) electrons. The van der Waals surface area contributed by atoms with E-state index in [1.54, 1.807) is 4.57 Å². The molecule has 88 valence electrons. The van der Waals surface area contributed by atoms with E-state index in [2.05, 4.69) is 11.9 Å². The molecule has 1 rings (SSSR count). The molecule has 0 bridgehead atoms. The van der Waals surface area contributed by atoms with Crippen LogP contribution in [0.25, 0.3) is 0 Å². The Hall–Kier alpha value is -1.85. The summed E-state index contributed by atoms with van der Waals surface area (Å²) in [7, 11) is 0. The Morgan fingerprint density at radius 2 is 2.00 bits per heavy atom. The normalized spacial score (nSPS) is 10.3. The van der Waals surface area contributed by atoms with Crippen LogP contribution in [-0.2, 0) is 6.54 Å². The molecule has 0 aliphatic heterocycles. The number of carbonyl (C=O) groups is 2. The molecule has 1 aromatic heterocycles. The lowest BCUT2D eigenvalue weighted by Gasteiger charge is -2.05. The fourth-order valence-corrected chi connectivity index (χ4v) is 1.52. The van der Waals surface area contributed by atoms with Gasteiger partial charge in [-0.05, 0) is 6.42 Å². The molecule has 0 saturated heterocycles. The van der Waals surface area contributed by atoms with E-state index in [-0.39, 0.29) is 11.4 Å². The summed E-state index contributed by atoms with van der Waals surface area (Å²) >= 11 is 0. The zero-order valence-corrected chi connectivity index (χ0v) is 9.27. The summed E-state index contributed by atoms with van der Waals surface area (Å²) in [5.74, 6) is -1.41. The summed E-state index contributed by atoms with van der Waals surface area (Å²) in [6.45, 7) is 2.70. The van der Waals surface area contributed by atoms with Crippen LogP contribution in [0.4, 0.5) is 0 Å². The molecule has 2 amide bonds. The molecule has 0 aliphatic rings. The van der Waals surface area contributed by atoms with Crippen LogP contribution in [0.15, 0.2) is 6.33 Å². The Labute approximate surface area is 93.6 Å². The fraction of sp³-hybridized carbons (Fsp3) is 0.500. The third kappa shape index (κ3) is 2.59. The van der Waals surface area contributed by atoms with Crippen molar-refractivity contribution in [3.8, 4) is 0 Å². The number of hydrogen-bond acceptors (Lipinski definition) is 3. The van der Waals surface area contributed by atoms with Gasteiger partial charge in [-0.1, -0.05) is 19.8 Å². The van der Waals surface area contributed by atoms with Gasteiger partial charge in [-0.3, -0.25) is 9.59 Å². The minimum Gasteiger partial charge on any atom is -0.364 e. The number of imidazole rings is 1. The van der Waals surface area contributed by atoms with Gasteiger partial charge in [0.15, 0.2) is 5.69 Å². The van der Waals surface area contributed by atoms with Crippen LogP contribution >= 0.6 is 0 Å². The van der Waals surface area contributed by atoms with Crippen molar-refractivity contribution in [1.82, 2.24) is 9.55 Å². The quantitative estimate of drug-likeness (QED) is 0.677. The van der Waals surface area contributed by atoms with Gasteiger partial charge in [0.2, 0.25) is 0 Å². The largest absolute Gasteiger partial charge is 0.364 e. The molecule has 0 aliphatic carbocycles. The topological polar surface area (TPSA) is 104 Å². The smallest absolute Gasteiger partial charge is 0.269 e. The summed E-state index contributed by atoms with van der Waals surface area (Å²) in [4.78, 5) is 26.0. The Bertz CT molecular complexity index is 398. The van der Waals surface area contributed by atoms with Crippen molar-refractivity contribution >= 4 is 11.8 Å². The van der Waals surface area contributed by atoms with Crippen molar-refractivity contribution in [2.75, 3.05) is 0 Å². The van der Waals surface area contributed by atoms with Crippen LogP contribution in [0.2, 0.25) is 0 Å². The van der Waals surface area contributed by atoms with Gasteiger partial charge in [0.05, 0.1) is 6.33 Å². The molecule has 6 heteroatoms. The molecule has 4 N–H and O–H groups in total. The van der Waals surface area contributed by atoms with Crippen LogP contribution in [0.1, 0.15) is 47.2 Å². The van der Waals surface area contributed by atoms with Crippen molar-refractivity contribution in [2.45, 2.75) is 32.7 Å². The van der Waals surface area contributed by atoms with Gasteiger partial charge < -0.3 is 16.0 Å². The molecule has 0 atom stereocenters. The predicted molar refractivity (Wildman–Crippen MR) is 58.8 cm³/mol. The number of unbranched alkanes of at least 4 members (excludes halogenated alkanes) is 2. The first kappa shape index (κ1) is 12.2. The fourth-order valence-electron chi connectivity index (χ4n) is 1.52. The molecule has 0 unspecified atom stereocenters. The number of aromatic nitrogens is 2. The lowest BCUT2D eigenvalue weighted by molar-refractivity contribution is 0.0959. The SMILES string of the molecule is CCCCCn1cnc(C(N)=O)c1C(N)=O. The second-order valence-corrected chi connectivity index (χ2v) is 3.57. The second kappa shape index (κ2) is 5.29. The monoisotopic (exact) mass is 224 g/mol. The number of rotatable bonds is 6. The highest BCUT2D eigenvalue weighted by molar-refractivity contribution is 6.03. The molecule has 0 spiro atoms. The van der Waals surface area contributed by atoms with Gasteiger partial charge in [-0.25, -0.2) is 4.98 Å².